The third kappa shape index (κ3) is 3.90. The number of likely N-dealkylation sites (N-methyl/N-ethyl adjacent to an activating group) is 1. The number of halogens is 1. The van der Waals surface area contributed by atoms with Gasteiger partial charge < -0.3 is 9.80 Å². The van der Waals surface area contributed by atoms with Gasteiger partial charge >= 0.3 is 0 Å². The van der Waals surface area contributed by atoms with Gasteiger partial charge in [0.1, 0.15) is 12.2 Å². The number of nitriles is 1. The van der Waals surface area contributed by atoms with Crippen molar-refractivity contribution in [2.24, 2.45) is 0 Å². The summed E-state index contributed by atoms with van der Waals surface area (Å²) in [7, 11) is 2.09. The molecule has 6 nitrogen and oxygen atoms in total. The largest absolute Gasteiger partial charge is 0.370 e. The highest BCUT2D eigenvalue weighted by molar-refractivity contribution is 5.92. The molecule has 0 saturated carbocycles. The van der Waals surface area contributed by atoms with E-state index in [0.29, 0.717) is 0 Å². The summed E-state index contributed by atoms with van der Waals surface area (Å²) >= 11 is 0. The number of carbonyl (C=O) groups is 1. The first-order valence-electron chi connectivity index (χ1n) is 10.1. The van der Waals surface area contributed by atoms with Crippen molar-refractivity contribution in [2.75, 3.05) is 38.1 Å². The second-order valence-corrected chi connectivity index (χ2v) is 8.17. The number of amides is 1. The van der Waals surface area contributed by atoms with Crippen LogP contribution in [0.1, 0.15) is 18.4 Å². The highest BCUT2D eigenvalue weighted by Gasteiger charge is 2.37. The van der Waals surface area contributed by atoms with Crippen molar-refractivity contribution >= 4 is 22.5 Å². The number of rotatable bonds is 4. The molecule has 1 aromatic carbocycles. The fraction of sp³-hybridized carbons (Fsp3) is 0.500. The van der Waals surface area contributed by atoms with Crippen LogP contribution in [0.4, 0.5) is 10.1 Å². The number of likely N-dealkylation sites (tertiary alicyclic amines) is 2. The van der Waals surface area contributed by atoms with Crippen LogP contribution in [0, 0.1) is 18.3 Å². The van der Waals surface area contributed by atoms with Crippen molar-refractivity contribution in [1.29, 1.82) is 5.26 Å². The summed E-state index contributed by atoms with van der Waals surface area (Å²) in [6, 6.07) is 10.0. The molecule has 7 heteroatoms. The molecule has 1 aromatic heterocycles. The van der Waals surface area contributed by atoms with Gasteiger partial charge in [-0.25, -0.2) is 4.39 Å². The molecule has 152 valence electrons. The van der Waals surface area contributed by atoms with Crippen molar-refractivity contribution in [2.45, 2.75) is 38.0 Å². The highest BCUT2D eigenvalue weighted by atomic mass is 19.1. The van der Waals surface area contributed by atoms with E-state index in [9.17, 15) is 14.4 Å². The molecule has 3 heterocycles. The molecule has 0 bridgehead atoms. The molecule has 0 unspecified atom stereocenters. The monoisotopic (exact) mass is 395 g/mol. The molecule has 2 aromatic rings. The molecule has 0 spiro atoms. The van der Waals surface area contributed by atoms with E-state index in [0.717, 1.165) is 41.7 Å². The maximum atomic E-state index is 13.6. The van der Waals surface area contributed by atoms with Gasteiger partial charge in [-0.15, -0.1) is 0 Å². The van der Waals surface area contributed by atoms with Crippen LogP contribution in [0.25, 0.3) is 10.9 Å². The maximum absolute atomic E-state index is 13.6. The minimum atomic E-state index is -1.09. The van der Waals surface area contributed by atoms with Crippen molar-refractivity contribution in [1.82, 2.24) is 14.8 Å². The average molecular weight is 395 g/mol. The zero-order valence-electron chi connectivity index (χ0n) is 16.9. The molecule has 2 aliphatic heterocycles. The zero-order chi connectivity index (χ0) is 20.5. The van der Waals surface area contributed by atoms with Crippen molar-refractivity contribution in [3.05, 3.63) is 36.0 Å². The lowest BCUT2D eigenvalue weighted by Gasteiger charge is -2.28. The van der Waals surface area contributed by atoms with Crippen LogP contribution >= 0.6 is 0 Å². The van der Waals surface area contributed by atoms with Crippen molar-refractivity contribution in [3.63, 3.8) is 0 Å². The fourth-order valence-corrected chi connectivity index (χ4v) is 4.48. The Bertz CT molecular complexity index is 958. The van der Waals surface area contributed by atoms with E-state index in [2.05, 4.69) is 40.0 Å². The molecule has 0 radical (unpaired) electrons. The van der Waals surface area contributed by atoms with Crippen LogP contribution in [0.5, 0.6) is 0 Å². The third-order valence-corrected chi connectivity index (χ3v) is 6.09. The number of aryl methyl sites for hydroxylation is 1. The molecular weight excluding hydrogens is 369 g/mol. The summed E-state index contributed by atoms with van der Waals surface area (Å²) in [6.45, 7) is 3.90. The van der Waals surface area contributed by atoms with E-state index in [1.807, 2.05) is 25.3 Å². The Labute approximate surface area is 170 Å². The molecule has 29 heavy (non-hydrogen) atoms. The Kier molecular flexibility index (Phi) is 5.37. The van der Waals surface area contributed by atoms with Crippen LogP contribution in [-0.4, -0.2) is 72.2 Å². The summed E-state index contributed by atoms with van der Waals surface area (Å²) in [6.07, 6.45) is 1.86. The molecule has 0 aliphatic carbocycles. The maximum Gasteiger partial charge on any atom is 0.237 e. The van der Waals surface area contributed by atoms with E-state index in [1.54, 1.807) is 0 Å². The van der Waals surface area contributed by atoms with Gasteiger partial charge in [-0.3, -0.25) is 14.7 Å². The first-order valence-corrected chi connectivity index (χ1v) is 10.1. The SMILES string of the molecule is Cc1cnc2cccc(N(C)[C@H]3CCN(CC(=O)N4C[C@@H](F)C[C@H]4C#N)C3)c2c1. The number of anilines is 1. The molecule has 1 amide bonds. The van der Waals surface area contributed by atoms with Gasteiger partial charge in [-0.05, 0) is 37.1 Å². The van der Waals surface area contributed by atoms with Gasteiger partial charge in [0, 0.05) is 49.9 Å². The van der Waals surface area contributed by atoms with Crippen molar-refractivity contribution in [3.8, 4) is 6.07 Å². The van der Waals surface area contributed by atoms with E-state index in [-0.39, 0.29) is 31.5 Å². The van der Waals surface area contributed by atoms with Crippen LogP contribution in [0.3, 0.4) is 0 Å². The van der Waals surface area contributed by atoms with Gasteiger partial charge in [0.05, 0.1) is 24.7 Å². The Balaban J connectivity index is 1.43. The van der Waals surface area contributed by atoms with Crippen LogP contribution in [0.15, 0.2) is 30.5 Å². The Morgan fingerprint density at radius 3 is 3.03 bits per heavy atom. The van der Waals surface area contributed by atoms with E-state index in [1.165, 1.54) is 4.90 Å². The van der Waals surface area contributed by atoms with E-state index in [4.69, 9.17) is 0 Å². The molecule has 2 aliphatic rings. The number of carbonyl (C=O) groups excluding carboxylic acids is 1. The van der Waals surface area contributed by atoms with Gasteiger partial charge in [0.2, 0.25) is 5.91 Å². The van der Waals surface area contributed by atoms with Gasteiger partial charge in [-0.1, -0.05) is 6.07 Å². The number of nitrogens with zero attached hydrogens (tertiary/aromatic N) is 5. The predicted octanol–water partition coefficient (Wildman–Crippen LogP) is 2.52. The first kappa shape index (κ1) is 19.6. The number of benzene rings is 1. The number of fused-ring (bicyclic) bond motifs is 1. The number of hydrogen-bond donors (Lipinski definition) is 0. The zero-order valence-corrected chi connectivity index (χ0v) is 16.9. The van der Waals surface area contributed by atoms with Crippen LogP contribution in [-0.2, 0) is 4.79 Å². The lowest BCUT2D eigenvalue weighted by Crippen LogP contribution is -2.43. The minimum absolute atomic E-state index is 0.0383. The Hall–Kier alpha value is -2.72. The number of pyridine rings is 1. The predicted molar refractivity (Wildman–Crippen MR) is 110 cm³/mol. The fourth-order valence-electron chi connectivity index (χ4n) is 4.48. The topological polar surface area (TPSA) is 63.5 Å². The quantitative estimate of drug-likeness (QED) is 0.796. The molecular formula is C22H26FN5O. The first-order chi connectivity index (χ1) is 14.0. The van der Waals surface area contributed by atoms with E-state index < -0.39 is 12.2 Å². The smallest absolute Gasteiger partial charge is 0.237 e. The Morgan fingerprint density at radius 1 is 1.41 bits per heavy atom. The van der Waals surface area contributed by atoms with E-state index >= 15 is 0 Å². The molecule has 0 N–H and O–H groups in total. The number of alkyl halides is 1. The normalized spacial score (nSPS) is 24.8. The summed E-state index contributed by atoms with van der Waals surface area (Å²) in [4.78, 5) is 22.9. The molecule has 3 atom stereocenters. The average Bonchev–Trinajstić information content (AvgIpc) is 3.33. The van der Waals surface area contributed by atoms with Crippen LogP contribution < -0.4 is 4.90 Å². The molecule has 4 rings (SSSR count). The summed E-state index contributed by atoms with van der Waals surface area (Å²) in [5.74, 6) is -0.148. The summed E-state index contributed by atoms with van der Waals surface area (Å²) in [5, 5.41) is 10.3. The number of hydrogen-bond acceptors (Lipinski definition) is 5. The van der Waals surface area contributed by atoms with Gasteiger partial charge in [0.15, 0.2) is 0 Å². The van der Waals surface area contributed by atoms with Crippen LogP contribution in [0.2, 0.25) is 0 Å². The lowest BCUT2D eigenvalue weighted by molar-refractivity contribution is -0.132. The summed E-state index contributed by atoms with van der Waals surface area (Å²) in [5.41, 5.74) is 3.24. The second-order valence-electron chi connectivity index (χ2n) is 8.17. The third-order valence-electron chi connectivity index (χ3n) is 6.09. The summed E-state index contributed by atoms with van der Waals surface area (Å²) < 4.78 is 13.6. The minimum Gasteiger partial charge on any atom is -0.370 e. The van der Waals surface area contributed by atoms with Gasteiger partial charge in [0.25, 0.3) is 0 Å². The lowest BCUT2D eigenvalue weighted by atomic mass is 10.1. The second kappa shape index (κ2) is 7.96. The van der Waals surface area contributed by atoms with Crippen molar-refractivity contribution < 1.29 is 9.18 Å². The molecule has 2 fully saturated rings. The highest BCUT2D eigenvalue weighted by Crippen LogP contribution is 2.29. The van der Waals surface area contributed by atoms with Gasteiger partial charge in [-0.2, -0.15) is 5.26 Å². The Morgan fingerprint density at radius 2 is 2.24 bits per heavy atom. The standard InChI is InChI=1S/C22H26FN5O/c1-15-8-19-20(25-11-15)4-3-5-21(19)26(2)17-6-7-27(13-17)14-22(29)28-12-16(23)9-18(28)10-24/h3-5,8,11,16-18H,6-7,9,12-14H2,1-2H3/t16-,17-,18-/m0/s1. The number of aromatic nitrogens is 1. The molecule has 2 saturated heterocycles.